The Morgan fingerprint density at radius 2 is 1.88 bits per heavy atom. The Labute approximate surface area is 91.2 Å². The van der Waals surface area contributed by atoms with E-state index >= 15 is 0 Å². The van der Waals surface area contributed by atoms with Gasteiger partial charge in [-0.1, -0.05) is 0 Å². The fourth-order valence-electron chi connectivity index (χ4n) is 1.41. The predicted octanol–water partition coefficient (Wildman–Crippen LogP) is 1.25. The molecule has 0 aliphatic carbocycles. The number of carboxylic acids is 1. The highest BCUT2D eigenvalue weighted by Crippen LogP contribution is 2.20. The van der Waals surface area contributed by atoms with Crippen molar-refractivity contribution in [2.75, 3.05) is 0 Å². The second kappa shape index (κ2) is 4.10. The summed E-state index contributed by atoms with van der Waals surface area (Å²) in [5.74, 6) is -1.68. The molecule has 0 bridgehead atoms. The van der Waals surface area contributed by atoms with Crippen molar-refractivity contribution in [2.45, 2.75) is 0 Å². The first-order chi connectivity index (χ1) is 7.68. The summed E-state index contributed by atoms with van der Waals surface area (Å²) in [4.78, 5) is 14.8. The molecule has 1 heterocycles. The number of carbonyl (C=O) groups is 1. The predicted molar refractivity (Wildman–Crippen MR) is 54.0 cm³/mol. The maximum absolute atomic E-state index is 12.7. The van der Waals surface area contributed by atoms with Crippen LogP contribution in [0.3, 0.4) is 0 Å². The van der Waals surface area contributed by atoms with E-state index in [1.54, 1.807) is 0 Å². The molecule has 0 aliphatic heterocycles. The number of nitrogens with zero attached hydrogens (tertiary/aromatic N) is 1. The van der Waals surface area contributed by atoms with E-state index in [1.807, 2.05) is 0 Å². The molecular formula is C12H7FNO2-. The maximum atomic E-state index is 12.7. The van der Waals surface area contributed by atoms with Crippen LogP contribution in [0.5, 0.6) is 0 Å². The summed E-state index contributed by atoms with van der Waals surface area (Å²) < 4.78 is 12.7. The zero-order valence-corrected chi connectivity index (χ0v) is 8.18. The molecule has 0 fully saturated rings. The average Bonchev–Trinajstić information content (AvgIpc) is 2.30. The second-order valence-electron chi connectivity index (χ2n) is 3.19. The number of hydrogen-bond donors (Lipinski definition) is 0. The van der Waals surface area contributed by atoms with Gasteiger partial charge in [-0.05, 0) is 36.4 Å². The van der Waals surface area contributed by atoms with Gasteiger partial charge in [-0.2, -0.15) is 0 Å². The zero-order valence-electron chi connectivity index (χ0n) is 8.18. The first-order valence-electron chi connectivity index (χ1n) is 4.61. The largest absolute Gasteiger partial charge is 0.545 e. The molecule has 0 radical (unpaired) electrons. The van der Waals surface area contributed by atoms with Crippen LogP contribution in [0.1, 0.15) is 10.4 Å². The number of aromatic carboxylic acids is 1. The van der Waals surface area contributed by atoms with E-state index in [0.717, 1.165) is 0 Å². The SMILES string of the molecule is O=C([O-])c1cccnc1-c1ccc(F)cc1. The minimum absolute atomic E-state index is 0.00546. The molecule has 0 atom stereocenters. The molecule has 0 amide bonds. The van der Waals surface area contributed by atoms with Gasteiger partial charge in [0.05, 0.1) is 11.7 Å². The Morgan fingerprint density at radius 1 is 1.19 bits per heavy atom. The molecular weight excluding hydrogens is 209 g/mol. The van der Waals surface area contributed by atoms with Gasteiger partial charge in [0, 0.05) is 17.3 Å². The summed E-state index contributed by atoms with van der Waals surface area (Å²) >= 11 is 0. The van der Waals surface area contributed by atoms with Crippen LogP contribution in [0.25, 0.3) is 11.3 Å². The lowest BCUT2D eigenvalue weighted by molar-refractivity contribution is -0.254. The van der Waals surface area contributed by atoms with Crippen LogP contribution in [0, 0.1) is 5.82 Å². The van der Waals surface area contributed by atoms with Crippen LogP contribution >= 0.6 is 0 Å². The number of carbonyl (C=O) groups excluding carboxylic acids is 1. The van der Waals surface area contributed by atoms with Gasteiger partial charge in [-0.25, -0.2) is 4.39 Å². The standard InChI is InChI=1S/C12H8FNO2/c13-9-5-3-8(4-6-9)11-10(12(15)16)2-1-7-14-11/h1-7H,(H,15,16)/p-1. The third-order valence-corrected chi connectivity index (χ3v) is 2.15. The number of halogens is 1. The van der Waals surface area contributed by atoms with E-state index in [0.29, 0.717) is 5.56 Å². The monoisotopic (exact) mass is 216 g/mol. The number of pyridine rings is 1. The fraction of sp³-hybridized carbons (Fsp3) is 0. The van der Waals surface area contributed by atoms with Gasteiger partial charge < -0.3 is 9.90 Å². The van der Waals surface area contributed by atoms with Crippen molar-refractivity contribution < 1.29 is 14.3 Å². The molecule has 0 saturated heterocycles. The fourth-order valence-corrected chi connectivity index (χ4v) is 1.41. The molecule has 1 aromatic carbocycles. The Bertz CT molecular complexity index is 523. The highest BCUT2D eigenvalue weighted by molar-refractivity contribution is 5.93. The van der Waals surface area contributed by atoms with E-state index in [2.05, 4.69) is 4.98 Å². The molecule has 2 aromatic rings. The molecule has 16 heavy (non-hydrogen) atoms. The lowest BCUT2D eigenvalue weighted by Crippen LogP contribution is -2.23. The van der Waals surface area contributed by atoms with E-state index in [1.165, 1.54) is 42.6 Å². The van der Waals surface area contributed by atoms with Crippen LogP contribution in [0.2, 0.25) is 0 Å². The lowest BCUT2D eigenvalue weighted by Gasteiger charge is -2.08. The van der Waals surface area contributed by atoms with Crippen LogP contribution < -0.4 is 5.11 Å². The Hall–Kier alpha value is -2.23. The summed E-state index contributed by atoms with van der Waals surface area (Å²) in [5, 5.41) is 10.8. The van der Waals surface area contributed by atoms with Gasteiger partial charge in [-0.15, -0.1) is 0 Å². The first kappa shape index (κ1) is 10.3. The van der Waals surface area contributed by atoms with Crippen molar-refractivity contribution in [3.05, 3.63) is 54.0 Å². The van der Waals surface area contributed by atoms with E-state index in [9.17, 15) is 14.3 Å². The number of rotatable bonds is 2. The molecule has 0 spiro atoms. The number of carboxylic acid groups (broad SMARTS) is 1. The summed E-state index contributed by atoms with van der Waals surface area (Å²) in [6.07, 6.45) is 1.48. The van der Waals surface area contributed by atoms with Crippen LogP contribution in [-0.4, -0.2) is 11.0 Å². The summed E-state index contributed by atoms with van der Waals surface area (Å²) in [7, 11) is 0. The quantitative estimate of drug-likeness (QED) is 0.759. The van der Waals surface area contributed by atoms with Gasteiger partial charge in [0.2, 0.25) is 0 Å². The van der Waals surface area contributed by atoms with E-state index < -0.39 is 5.97 Å². The van der Waals surface area contributed by atoms with Crippen molar-refractivity contribution in [3.8, 4) is 11.3 Å². The van der Waals surface area contributed by atoms with Crippen molar-refractivity contribution in [3.63, 3.8) is 0 Å². The molecule has 3 nitrogen and oxygen atoms in total. The van der Waals surface area contributed by atoms with Crippen LogP contribution in [0.4, 0.5) is 4.39 Å². The Kier molecular flexibility index (Phi) is 2.64. The molecule has 0 unspecified atom stereocenters. The van der Waals surface area contributed by atoms with Gasteiger partial charge in [0.15, 0.2) is 0 Å². The van der Waals surface area contributed by atoms with E-state index in [4.69, 9.17) is 0 Å². The van der Waals surface area contributed by atoms with Gasteiger partial charge >= 0.3 is 0 Å². The average molecular weight is 216 g/mol. The van der Waals surface area contributed by atoms with Crippen LogP contribution in [0.15, 0.2) is 42.6 Å². The highest BCUT2D eigenvalue weighted by atomic mass is 19.1. The number of aromatic nitrogens is 1. The molecule has 4 heteroatoms. The topological polar surface area (TPSA) is 53.0 Å². The van der Waals surface area contributed by atoms with Crippen molar-refractivity contribution >= 4 is 5.97 Å². The smallest absolute Gasteiger partial charge is 0.123 e. The van der Waals surface area contributed by atoms with Crippen molar-refractivity contribution in [2.24, 2.45) is 0 Å². The minimum Gasteiger partial charge on any atom is -0.545 e. The molecule has 2 rings (SSSR count). The summed E-state index contributed by atoms with van der Waals surface area (Å²) in [6.45, 7) is 0. The lowest BCUT2D eigenvalue weighted by atomic mass is 10.1. The van der Waals surface area contributed by atoms with Gasteiger partial charge in [0.1, 0.15) is 5.82 Å². The van der Waals surface area contributed by atoms with Gasteiger partial charge in [0.25, 0.3) is 0 Å². The third kappa shape index (κ3) is 1.91. The summed E-state index contributed by atoms with van der Waals surface area (Å²) in [5.41, 5.74) is 0.817. The molecule has 0 N–H and O–H groups in total. The zero-order chi connectivity index (χ0) is 11.5. The van der Waals surface area contributed by atoms with Crippen molar-refractivity contribution in [1.29, 1.82) is 0 Å². The van der Waals surface area contributed by atoms with E-state index in [-0.39, 0.29) is 17.1 Å². The Balaban J connectivity index is 2.55. The molecule has 1 aromatic heterocycles. The first-order valence-corrected chi connectivity index (χ1v) is 4.61. The third-order valence-electron chi connectivity index (χ3n) is 2.15. The molecule has 0 saturated carbocycles. The van der Waals surface area contributed by atoms with Gasteiger partial charge in [-0.3, -0.25) is 4.98 Å². The van der Waals surface area contributed by atoms with Crippen LogP contribution in [-0.2, 0) is 0 Å². The van der Waals surface area contributed by atoms with Crippen molar-refractivity contribution in [1.82, 2.24) is 4.98 Å². The number of benzene rings is 1. The number of hydrogen-bond acceptors (Lipinski definition) is 3. The Morgan fingerprint density at radius 3 is 2.50 bits per heavy atom. The molecule has 0 aliphatic rings. The second-order valence-corrected chi connectivity index (χ2v) is 3.19. The summed E-state index contributed by atoms with van der Waals surface area (Å²) in [6, 6.07) is 8.37. The minimum atomic E-state index is -1.30. The highest BCUT2D eigenvalue weighted by Gasteiger charge is 2.06. The molecule has 80 valence electrons. The normalized spacial score (nSPS) is 10.1. The maximum Gasteiger partial charge on any atom is 0.123 e.